The van der Waals surface area contributed by atoms with Gasteiger partial charge in [0.2, 0.25) is 0 Å². The maximum atomic E-state index is 5.48. The van der Waals surface area contributed by atoms with Crippen LogP contribution in [0.15, 0.2) is 0 Å². The first-order chi connectivity index (χ1) is 6.45. The van der Waals surface area contributed by atoms with Crippen molar-refractivity contribution in [1.29, 1.82) is 0 Å². The summed E-state index contributed by atoms with van der Waals surface area (Å²) >= 11 is 2.17. The molecule has 1 saturated heterocycles. The molecule has 2 rings (SSSR count). The minimum atomic E-state index is 0.814. The van der Waals surface area contributed by atoms with Crippen LogP contribution in [0.1, 0.15) is 38.5 Å². The summed E-state index contributed by atoms with van der Waals surface area (Å²) in [6.07, 6.45) is 8.60. The van der Waals surface area contributed by atoms with Crippen molar-refractivity contribution in [3.63, 3.8) is 0 Å². The van der Waals surface area contributed by atoms with Crippen LogP contribution < -0.4 is 0 Å². The molecule has 0 N–H and O–H groups in total. The molecule has 0 amide bonds. The van der Waals surface area contributed by atoms with Gasteiger partial charge < -0.3 is 4.74 Å². The summed E-state index contributed by atoms with van der Waals surface area (Å²) < 4.78 is 5.48. The maximum absolute atomic E-state index is 5.48. The highest BCUT2D eigenvalue weighted by molar-refractivity contribution is 7.99. The fourth-order valence-electron chi connectivity index (χ4n) is 2.29. The Hall–Kier alpha value is 0.310. The van der Waals surface area contributed by atoms with Crippen LogP contribution in [0, 0.1) is 5.92 Å². The van der Waals surface area contributed by atoms with E-state index in [2.05, 4.69) is 11.8 Å². The molecule has 1 aliphatic heterocycles. The van der Waals surface area contributed by atoms with Crippen molar-refractivity contribution in [2.75, 3.05) is 19.0 Å². The van der Waals surface area contributed by atoms with Crippen molar-refractivity contribution in [2.24, 2.45) is 5.92 Å². The average Bonchev–Trinajstić information content (AvgIpc) is 2.69. The van der Waals surface area contributed by atoms with Crippen molar-refractivity contribution in [3.05, 3.63) is 0 Å². The molecule has 2 fully saturated rings. The van der Waals surface area contributed by atoms with E-state index in [0.717, 1.165) is 24.4 Å². The third-order valence-electron chi connectivity index (χ3n) is 3.16. The van der Waals surface area contributed by atoms with Gasteiger partial charge in [-0.05, 0) is 37.4 Å². The lowest BCUT2D eigenvalue weighted by atomic mass is 10.1. The molecular weight excluding hydrogens is 180 g/mol. The van der Waals surface area contributed by atoms with Crippen molar-refractivity contribution in [3.8, 4) is 0 Å². The van der Waals surface area contributed by atoms with Gasteiger partial charge in [-0.2, -0.15) is 11.8 Å². The maximum Gasteiger partial charge on any atom is 0.0585 e. The van der Waals surface area contributed by atoms with Crippen molar-refractivity contribution < 1.29 is 4.74 Å². The summed E-state index contributed by atoms with van der Waals surface area (Å²) in [4.78, 5) is 0. The molecule has 0 aromatic carbocycles. The second kappa shape index (κ2) is 5.26. The van der Waals surface area contributed by atoms with Crippen LogP contribution >= 0.6 is 11.8 Å². The third kappa shape index (κ3) is 3.17. The molecule has 0 spiro atoms. The number of rotatable bonds is 3. The summed E-state index contributed by atoms with van der Waals surface area (Å²) in [6, 6.07) is 0. The van der Waals surface area contributed by atoms with Crippen molar-refractivity contribution in [2.45, 2.75) is 43.8 Å². The summed E-state index contributed by atoms with van der Waals surface area (Å²) in [7, 11) is 0. The topological polar surface area (TPSA) is 9.23 Å². The zero-order valence-corrected chi connectivity index (χ0v) is 9.15. The Kier molecular flexibility index (Phi) is 3.98. The Morgan fingerprint density at radius 3 is 2.62 bits per heavy atom. The monoisotopic (exact) mass is 200 g/mol. The van der Waals surface area contributed by atoms with E-state index in [-0.39, 0.29) is 0 Å². The molecule has 76 valence electrons. The minimum Gasteiger partial charge on any atom is -0.380 e. The second-order valence-corrected chi connectivity index (χ2v) is 5.66. The van der Waals surface area contributed by atoms with Gasteiger partial charge in [0.05, 0.1) is 6.61 Å². The quantitative estimate of drug-likeness (QED) is 0.692. The molecule has 1 atom stereocenters. The molecule has 0 bridgehead atoms. The molecule has 1 heterocycles. The van der Waals surface area contributed by atoms with Gasteiger partial charge in [-0.3, -0.25) is 0 Å². The van der Waals surface area contributed by atoms with Gasteiger partial charge in [0, 0.05) is 11.9 Å². The molecule has 1 aliphatic carbocycles. The van der Waals surface area contributed by atoms with Gasteiger partial charge in [0.25, 0.3) is 0 Å². The third-order valence-corrected chi connectivity index (χ3v) is 4.67. The van der Waals surface area contributed by atoms with Crippen LogP contribution in [0.3, 0.4) is 0 Å². The molecule has 0 radical (unpaired) electrons. The van der Waals surface area contributed by atoms with Gasteiger partial charge >= 0.3 is 0 Å². The van der Waals surface area contributed by atoms with E-state index in [0.29, 0.717) is 0 Å². The van der Waals surface area contributed by atoms with Crippen LogP contribution in [0.25, 0.3) is 0 Å². The molecule has 13 heavy (non-hydrogen) atoms. The van der Waals surface area contributed by atoms with Gasteiger partial charge in [-0.1, -0.05) is 12.8 Å². The predicted molar refractivity (Wildman–Crippen MR) is 58.3 cm³/mol. The zero-order chi connectivity index (χ0) is 8.93. The Bertz CT molecular complexity index is 137. The highest BCUT2D eigenvalue weighted by Gasteiger charge is 2.19. The SMILES string of the molecule is C1CCC(CSC2CCCOC2)C1. The van der Waals surface area contributed by atoms with Gasteiger partial charge in [0.1, 0.15) is 0 Å². The molecule has 1 saturated carbocycles. The van der Waals surface area contributed by atoms with E-state index in [1.807, 2.05) is 0 Å². The normalized spacial score (nSPS) is 30.9. The van der Waals surface area contributed by atoms with Crippen molar-refractivity contribution >= 4 is 11.8 Å². The van der Waals surface area contributed by atoms with E-state index in [4.69, 9.17) is 4.74 Å². The highest BCUT2D eigenvalue weighted by Crippen LogP contribution is 2.31. The van der Waals surface area contributed by atoms with Crippen molar-refractivity contribution in [1.82, 2.24) is 0 Å². The van der Waals surface area contributed by atoms with Crippen LogP contribution in [0.5, 0.6) is 0 Å². The lowest BCUT2D eigenvalue weighted by molar-refractivity contribution is 0.101. The largest absolute Gasteiger partial charge is 0.380 e. The molecule has 2 heteroatoms. The Balaban J connectivity index is 1.60. The first kappa shape index (κ1) is 9.85. The standard InChI is InChI=1S/C11H20OS/c1-2-5-10(4-1)9-13-11-6-3-7-12-8-11/h10-11H,1-9H2. The van der Waals surface area contributed by atoms with Crippen LogP contribution in [-0.4, -0.2) is 24.2 Å². The molecule has 0 aromatic heterocycles. The summed E-state index contributed by atoms with van der Waals surface area (Å²) in [6.45, 7) is 2.01. The molecule has 1 unspecified atom stereocenters. The van der Waals surface area contributed by atoms with Gasteiger partial charge in [-0.15, -0.1) is 0 Å². The predicted octanol–water partition coefficient (Wildman–Crippen LogP) is 3.09. The average molecular weight is 200 g/mol. The summed E-state index contributed by atoms with van der Waals surface area (Å²) in [5.41, 5.74) is 0. The summed E-state index contributed by atoms with van der Waals surface area (Å²) in [5.74, 6) is 2.43. The highest BCUT2D eigenvalue weighted by atomic mass is 32.2. The summed E-state index contributed by atoms with van der Waals surface area (Å²) in [5, 5.41) is 0.814. The molecule has 1 nitrogen and oxygen atoms in total. The van der Waals surface area contributed by atoms with Gasteiger partial charge in [0.15, 0.2) is 0 Å². The first-order valence-corrected chi connectivity index (χ1v) is 6.69. The van der Waals surface area contributed by atoms with E-state index in [1.165, 1.54) is 44.3 Å². The molecule has 0 aromatic rings. The van der Waals surface area contributed by atoms with Gasteiger partial charge in [-0.25, -0.2) is 0 Å². The Morgan fingerprint density at radius 1 is 1.08 bits per heavy atom. The Labute approximate surface area is 85.6 Å². The zero-order valence-electron chi connectivity index (χ0n) is 8.34. The smallest absolute Gasteiger partial charge is 0.0585 e. The fourth-order valence-corrected chi connectivity index (χ4v) is 3.70. The van der Waals surface area contributed by atoms with Crippen LogP contribution in [-0.2, 0) is 4.74 Å². The lowest BCUT2D eigenvalue weighted by Crippen LogP contribution is -2.20. The van der Waals surface area contributed by atoms with E-state index < -0.39 is 0 Å². The van der Waals surface area contributed by atoms with E-state index in [9.17, 15) is 0 Å². The number of ether oxygens (including phenoxy) is 1. The molecular formula is C11H20OS. The number of hydrogen-bond donors (Lipinski definition) is 0. The minimum absolute atomic E-state index is 0.814. The van der Waals surface area contributed by atoms with Crippen LogP contribution in [0.2, 0.25) is 0 Å². The number of hydrogen-bond acceptors (Lipinski definition) is 2. The number of thioether (sulfide) groups is 1. The van der Waals surface area contributed by atoms with E-state index in [1.54, 1.807) is 0 Å². The second-order valence-electron chi connectivity index (χ2n) is 4.32. The van der Waals surface area contributed by atoms with Crippen LogP contribution in [0.4, 0.5) is 0 Å². The fraction of sp³-hybridized carbons (Fsp3) is 1.00. The van der Waals surface area contributed by atoms with E-state index >= 15 is 0 Å². The Morgan fingerprint density at radius 2 is 1.92 bits per heavy atom. The lowest BCUT2D eigenvalue weighted by Gasteiger charge is -2.22. The first-order valence-electron chi connectivity index (χ1n) is 5.64. The molecule has 2 aliphatic rings.